The standard InChI is InChI=1S/C16H18ClN3O/c1-2-20(11-12-7-3-5-9-14(12)18)16(21)19-15-10-6-4-8-13(15)17/h3-10H,2,11,18H2,1H3,(H,19,21). The van der Waals surface area contributed by atoms with E-state index >= 15 is 0 Å². The highest BCUT2D eigenvalue weighted by molar-refractivity contribution is 6.33. The molecule has 0 aliphatic heterocycles. The van der Waals surface area contributed by atoms with Gasteiger partial charge in [0.25, 0.3) is 0 Å². The van der Waals surface area contributed by atoms with Crippen LogP contribution >= 0.6 is 11.6 Å². The Kier molecular flexibility index (Phi) is 5.06. The van der Waals surface area contributed by atoms with Crippen LogP contribution in [0.15, 0.2) is 48.5 Å². The summed E-state index contributed by atoms with van der Waals surface area (Å²) in [4.78, 5) is 14.0. The van der Waals surface area contributed by atoms with Gasteiger partial charge in [0.1, 0.15) is 0 Å². The summed E-state index contributed by atoms with van der Waals surface area (Å²) < 4.78 is 0. The molecule has 0 aliphatic rings. The molecule has 0 spiro atoms. The second kappa shape index (κ2) is 6.99. The Morgan fingerprint density at radius 1 is 1.19 bits per heavy atom. The molecule has 5 heteroatoms. The van der Waals surface area contributed by atoms with Crippen molar-refractivity contribution in [1.82, 2.24) is 4.90 Å². The number of hydrogen-bond donors (Lipinski definition) is 2. The van der Waals surface area contributed by atoms with Gasteiger partial charge in [-0.15, -0.1) is 0 Å². The van der Waals surface area contributed by atoms with Gasteiger partial charge in [0, 0.05) is 18.8 Å². The number of carbonyl (C=O) groups is 1. The van der Waals surface area contributed by atoms with E-state index in [4.69, 9.17) is 17.3 Å². The highest BCUT2D eigenvalue weighted by Crippen LogP contribution is 2.21. The van der Waals surface area contributed by atoms with E-state index in [1.807, 2.05) is 43.3 Å². The van der Waals surface area contributed by atoms with E-state index < -0.39 is 0 Å². The quantitative estimate of drug-likeness (QED) is 0.839. The molecule has 2 rings (SSSR count). The number of benzene rings is 2. The van der Waals surface area contributed by atoms with E-state index in [0.717, 1.165) is 5.56 Å². The molecule has 0 saturated heterocycles. The number of anilines is 2. The zero-order valence-electron chi connectivity index (χ0n) is 11.8. The van der Waals surface area contributed by atoms with Gasteiger partial charge in [0.15, 0.2) is 0 Å². The topological polar surface area (TPSA) is 58.4 Å². The van der Waals surface area contributed by atoms with Crippen LogP contribution in [0.1, 0.15) is 12.5 Å². The van der Waals surface area contributed by atoms with Crippen LogP contribution in [0.25, 0.3) is 0 Å². The molecule has 0 aromatic heterocycles. The fraction of sp³-hybridized carbons (Fsp3) is 0.188. The minimum absolute atomic E-state index is 0.200. The van der Waals surface area contributed by atoms with Crippen LogP contribution in [-0.4, -0.2) is 17.5 Å². The third-order valence-corrected chi connectivity index (χ3v) is 3.53. The first-order valence-corrected chi connectivity index (χ1v) is 7.13. The van der Waals surface area contributed by atoms with Gasteiger partial charge in [-0.3, -0.25) is 0 Å². The van der Waals surface area contributed by atoms with Gasteiger partial charge >= 0.3 is 6.03 Å². The van der Waals surface area contributed by atoms with Crippen LogP contribution in [-0.2, 0) is 6.54 Å². The summed E-state index contributed by atoms with van der Waals surface area (Å²) in [6, 6.07) is 14.5. The molecule has 0 fully saturated rings. The summed E-state index contributed by atoms with van der Waals surface area (Å²) in [6.45, 7) is 2.95. The molecule has 4 nitrogen and oxygen atoms in total. The van der Waals surface area contributed by atoms with Crippen molar-refractivity contribution in [3.63, 3.8) is 0 Å². The lowest BCUT2D eigenvalue weighted by molar-refractivity contribution is 0.212. The zero-order valence-corrected chi connectivity index (χ0v) is 12.6. The Morgan fingerprint density at radius 2 is 1.86 bits per heavy atom. The van der Waals surface area contributed by atoms with Crippen LogP contribution in [0.3, 0.4) is 0 Å². The molecular formula is C16H18ClN3O. The van der Waals surface area contributed by atoms with Crippen molar-refractivity contribution in [2.24, 2.45) is 0 Å². The molecule has 0 bridgehead atoms. The molecule has 2 amide bonds. The SMILES string of the molecule is CCN(Cc1ccccc1N)C(=O)Nc1ccccc1Cl. The van der Waals surface area contributed by atoms with E-state index in [2.05, 4.69) is 5.32 Å². The maximum Gasteiger partial charge on any atom is 0.322 e. The normalized spacial score (nSPS) is 10.2. The molecule has 0 aliphatic carbocycles. The number of halogens is 1. The van der Waals surface area contributed by atoms with E-state index in [0.29, 0.717) is 29.5 Å². The van der Waals surface area contributed by atoms with Gasteiger partial charge in [-0.25, -0.2) is 4.79 Å². The van der Waals surface area contributed by atoms with Gasteiger partial charge in [0.2, 0.25) is 0 Å². The maximum absolute atomic E-state index is 12.3. The predicted octanol–water partition coefficient (Wildman–Crippen LogP) is 3.98. The highest BCUT2D eigenvalue weighted by atomic mass is 35.5. The van der Waals surface area contributed by atoms with E-state index in [1.54, 1.807) is 17.0 Å². The minimum atomic E-state index is -0.200. The maximum atomic E-state index is 12.3. The largest absolute Gasteiger partial charge is 0.398 e. The number of para-hydroxylation sites is 2. The van der Waals surface area contributed by atoms with E-state index in [1.165, 1.54) is 0 Å². The van der Waals surface area contributed by atoms with Crippen molar-refractivity contribution < 1.29 is 4.79 Å². The molecule has 21 heavy (non-hydrogen) atoms. The van der Waals surface area contributed by atoms with Crippen molar-refractivity contribution in [2.75, 3.05) is 17.6 Å². The fourth-order valence-electron chi connectivity index (χ4n) is 1.97. The summed E-state index contributed by atoms with van der Waals surface area (Å²) in [5, 5.41) is 3.33. The van der Waals surface area contributed by atoms with Gasteiger partial charge in [-0.1, -0.05) is 41.9 Å². The average molecular weight is 304 g/mol. The van der Waals surface area contributed by atoms with Gasteiger partial charge in [-0.05, 0) is 30.7 Å². The number of nitrogens with zero attached hydrogens (tertiary/aromatic N) is 1. The third kappa shape index (κ3) is 3.89. The highest BCUT2D eigenvalue weighted by Gasteiger charge is 2.14. The summed E-state index contributed by atoms with van der Waals surface area (Å²) >= 11 is 6.05. The number of nitrogens with one attached hydrogen (secondary N) is 1. The van der Waals surface area contributed by atoms with E-state index in [9.17, 15) is 4.79 Å². The monoisotopic (exact) mass is 303 g/mol. The van der Waals surface area contributed by atoms with E-state index in [-0.39, 0.29) is 6.03 Å². The lowest BCUT2D eigenvalue weighted by Gasteiger charge is -2.22. The third-order valence-electron chi connectivity index (χ3n) is 3.20. The van der Waals surface area contributed by atoms with Crippen LogP contribution in [0.5, 0.6) is 0 Å². The van der Waals surface area contributed by atoms with Crippen LogP contribution in [0.4, 0.5) is 16.2 Å². The van der Waals surface area contributed by atoms with Crippen molar-refractivity contribution in [1.29, 1.82) is 0 Å². The first-order chi connectivity index (χ1) is 10.1. The fourth-order valence-corrected chi connectivity index (χ4v) is 2.15. The van der Waals surface area contributed by atoms with Crippen LogP contribution < -0.4 is 11.1 Å². The summed E-state index contributed by atoms with van der Waals surface area (Å²) in [7, 11) is 0. The molecule has 0 radical (unpaired) electrons. The summed E-state index contributed by atoms with van der Waals surface area (Å²) in [6.07, 6.45) is 0. The zero-order chi connectivity index (χ0) is 15.2. The lowest BCUT2D eigenvalue weighted by Crippen LogP contribution is -2.34. The molecule has 3 N–H and O–H groups in total. The first kappa shape index (κ1) is 15.2. The minimum Gasteiger partial charge on any atom is -0.398 e. The number of nitrogens with two attached hydrogens (primary N) is 1. The Balaban J connectivity index is 2.09. The first-order valence-electron chi connectivity index (χ1n) is 6.75. The van der Waals surface area contributed by atoms with Gasteiger partial charge in [0.05, 0.1) is 10.7 Å². The van der Waals surface area contributed by atoms with Gasteiger partial charge < -0.3 is 16.0 Å². The molecule has 2 aromatic carbocycles. The number of hydrogen-bond acceptors (Lipinski definition) is 2. The number of urea groups is 1. The Morgan fingerprint density at radius 3 is 2.52 bits per heavy atom. The summed E-state index contributed by atoms with van der Waals surface area (Å²) in [5.41, 5.74) is 8.13. The molecule has 0 saturated carbocycles. The van der Waals surface area contributed by atoms with Crippen molar-refractivity contribution in [2.45, 2.75) is 13.5 Å². The predicted molar refractivity (Wildman–Crippen MR) is 87.4 cm³/mol. The van der Waals surface area contributed by atoms with Crippen LogP contribution in [0.2, 0.25) is 5.02 Å². The van der Waals surface area contributed by atoms with Crippen molar-refractivity contribution in [3.8, 4) is 0 Å². The number of rotatable bonds is 4. The summed E-state index contributed by atoms with van der Waals surface area (Å²) in [5.74, 6) is 0. The molecule has 0 atom stereocenters. The molecule has 0 unspecified atom stereocenters. The number of carbonyl (C=O) groups excluding carboxylic acids is 1. The lowest BCUT2D eigenvalue weighted by atomic mass is 10.1. The number of nitrogen functional groups attached to an aromatic ring is 1. The van der Waals surface area contributed by atoms with Crippen molar-refractivity contribution in [3.05, 3.63) is 59.1 Å². The molecular weight excluding hydrogens is 286 g/mol. The molecule has 0 heterocycles. The smallest absolute Gasteiger partial charge is 0.322 e. The van der Waals surface area contributed by atoms with Crippen molar-refractivity contribution >= 4 is 29.0 Å². The number of amides is 2. The van der Waals surface area contributed by atoms with Gasteiger partial charge in [-0.2, -0.15) is 0 Å². The Hall–Kier alpha value is -2.20. The molecule has 2 aromatic rings. The van der Waals surface area contributed by atoms with Crippen LogP contribution in [0, 0.1) is 0 Å². The Bertz CT molecular complexity index is 630. The Labute approximate surface area is 129 Å². The average Bonchev–Trinajstić information content (AvgIpc) is 2.48. The second-order valence-electron chi connectivity index (χ2n) is 4.62. The molecule has 110 valence electrons. The second-order valence-corrected chi connectivity index (χ2v) is 5.03.